The highest BCUT2D eigenvalue weighted by Gasteiger charge is 2.31. The van der Waals surface area contributed by atoms with Gasteiger partial charge in [-0.2, -0.15) is 0 Å². The maximum Gasteiger partial charge on any atom is 0.109 e. The van der Waals surface area contributed by atoms with E-state index in [0.29, 0.717) is 6.61 Å². The van der Waals surface area contributed by atoms with E-state index in [0.717, 1.165) is 15.7 Å². The van der Waals surface area contributed by atoms with E-state index >= 15 is 0 Å². The van der Waals surface area contributed by atoms with Crippen LogP contribution in [0.25, 0.3) is 0 Å². The van der Waals surface area contributed by atoms with Gasteiger partial charge in [0.2, 0.25) is 0 Å². The van der Waals surface area contributed by atoms with E-state index in [4.69, 9.17) is 4.74 Å². The van der Waals surface area contributed by atoms with Gasteiger partial charge in [0.25, 0.3) is 0 Å². The number of hydrogen-bond acceptors (Lipinski definition) is 3. The fraction of sp³-hybridized carbons (Fsp3) is 0.250. The van der Waals surface area contributed by atoms with Gasteiger partial charge in [-0.1, -0.05) is 46.3 Å². The molecule has 0 radical (unpaired) electrons. The van der Waals surface area contributed by atoms with Gasteiger partial charge in [0.15, 0.2) is 0 Å². The number of ether oxygens (including phenoxy) is 1. The van der Waals surface area contributed by atoms with Crippen LogP contribution < -0.4 is 5.32 Å². The summed E-state index contributed by atoms with van der Waals surface area (Å²) in [6, 6.07) is 17.7. The first-order chi connectivity index (χ1) is 9.70. The van der Waals surface area contributed by atoms with Crippen molar-refractivity contribution in [3.8, 4) is 0 Å². The van der Waals surface area contributed by atoms with E-state index in [-0.39, 0.29) is 6.61 Å². The summed E-state index contributed by atoms with van der Waals surface area (Å²) in [6.07, 6.45) is 0. The van der Waals surface area contributed by atoms with E-state index < -0.39 is 5.54 Å². The van der Waals surface area contributed by atoms with Crippen LogP contribution in [-0.4, -0.2) is 25.4 Å². The van der Waals surface area contributed by atoms with E-state index in [1.807, 2.05) is 54.6 Å². The molecule has 0 saturated carbocycles. The summed E-state index contributed by atoms with van der Waals surface area (Å²) in [4.78, 5) is 0. The molecule has 106 valence electrons. The number of anilines is 1. The van der Waals surface area contributed by atoms with E-state index in [2.05, 4.69) is 21.2 Å². The molecule has 2 rings (SSSR count). The maximum absolute atomic E-state index is 9.93. The van der Waals surface area contributed by atoms with E-state index in [9.17, 15) is 5.11 Å². The maximum atomic E-state index is 9.93. The Bertz CT molecular complexity index is 530. The molecule has 0 saturated heterocycles. The molecule has 0 fully saturated rings. The molecular weight excluding hydrogens is 318 g/mol. The van der Waals surface area contributed by atoms with Crippen LogP contribution >= 0.6 is 15.9 Å². The normalized spacial score (nSPS) is 13.8. The van der Waals surface area contributed by atoms with Crippen molar-refractivity contribution in [1.82, 2.24) is 0 Å². The summed E-state index contributed by atoms with van der Waals surface area (Å²) in [7, 11) is 1.64. The fourth-order valence-electron chi connectivity index (χ4n) is 2.18. The smallest absolute Gasteiger partial charge is 0.109 e. The topological polar surface area (TPSA) is 41.5 Å². The number of aliphatic hydroxyl groups is 1. The summed E-state index contributed by atoms with van der Waals surface area (Å²) >= 11 is 3.42. The van der Waals surface area contributed by atoms with Gasteiger partial charge in [0.05, 0.1) is 13.2 Å². The lowest BCUT2D eigenvalue weighted by Gasteiger charge is -2.34. The molecule has 0 heterocycles. The highest BCUT2D eigenvalue weighted by molar-refractivity contribution is 9.10. The molecule has 1 unspecified atom stereocenters. The van der Waals surface area contributed by atoms with Crippen LogP contribution in [-0.2, 0) is 10.3 Å². The predicted octanol–water partition coefficient (Wildman–Crippen LogP) is 3.40. The van der Waals surface area contributed by atoms with Gasteiger partial charge in [0, 0.05) is 17.3 Å². The van der Waals surface area contributed by atoms with Gasteiger partial charge >= 0.3 is 0 Å². The van der Waals surface area contributed by atoms with Gasteiger partial charge in [-0.25, -0.2) is 0 Å². The van der Waals surface area contributed by atoms with Crippen molar-refractivity contribution in [3.05, 3.63) is 64.6 Å². The Balaban J connectivity index is 2.34. The molecule has 0 aromatic heterocycles. The van der Waals surface area contributed by atoms with Crippen molar-refractivity contribution >= 4 is 21.6 Å². The SMILES string of the molecule is COCC(CO)(Nc1ccc(Br)cc1)c1ccccc1. The average molecular weight is 336 g/mol. The van der Waals surface area contributed by atoms with Crippen LogP contribution in [0.4, 0.5) is 5.69 Å². The molecule has 20 heavy (non-hydrogen) atoms. The summed E-state index contributed by atoms with van der Waals surface area (Å²) in [5.41, 5.74) is 1.28. The highest BCUT2D eigenvalue weighted by atomic mass is 79.9. The highest BCUT2D eigenvalue weighted by Crippen LogP contribution is 2.27. The largest absolute Gasteiger partial charge is 0.393 e. The molecule has 0 spiro atoms. The third-order valence-corrected chi connectivity index (χ3v) is 3.74. The second-order valence-corrected chi connectivity index (χ2v) is 5.59. The first-order valence-electron chi connectivity index (χ1n) is 6.39. The van der Waals surface area contributed by atoms with E-state index in [1.54, 1.807) is 7.11 Å². The van der Waals surface area contributed by atoms with Crippen molar-refractivity contribution in [2.45, 2.75) is 5.54 Å². The number of benzene rings is 2. The fourth-order valence-corrected chi connectivity index (χ4v) is 2.45. The molecule has 0 amide bonds. The second-order valence-electron chi connectivity index (χ2n) is 4.67. The van der Waals surface area contributed by atoms with Gasteiger partial charge in [0.1, 0.15) is 5.54 Å². The summed E-state index contributed by atoms with van der Waals surface area (Å²) in [5.74, 6) is 0. The molecule has 0 bridgehead atoms. The lowest BCUT2D eigenvalue weighted by atomic mass is 9.91. The molecule has 2 aromatic carbocycles. The number of aliphatic hydroxyl groups excluding tert-OH is 1. The molecule has 0 aliphatic rings. The van der Waals surface area contributed by atoms with Crippen molar-refractivity contribution < 1.29 is 9.84 Å². The number of halogens is 1. The summed E-state index contributed by atoms with van der Waals surface area (Å²) in [5, 5.41) is 13.3. The summed E-state index contributed by atoms with van der Waals surface area (Å²) < 4.78 is 6.33. The van der Waals surface area contributed by atoms with Crippen LogP contribution in [0, 0.1) is 0 Å². The van der Waals surface area contributed by atoms with Gasteiger partial charge in [-0.15, -0.1) is 0 Å². The molecule has 3 nitrogen and oxygen atoms in total. The van der Waals surface area contributed by atoms with Gasteiger partial charge < -0.3 is 15.2 Å². The van der Waals surface area contributed by atoms with Crippen LogP contribution in [0.1, 0.15) is 5.56 Å². The minimum atomic E-state index is -0.649. The summed E-state index contributed by atoms with van der Waals surface area (Å²) in [6.45, 7) is 0.324. The van der Waals surface area contributed by atoms with Crippen LogP contribution in [0.15, 0.2) is 59.1 Å². The van der Waals surface area contributed by atoms with Crippen molar-refractivity contribution in [3.63, 3.8) is 0 Å². The number of rotatable bonds is 6. The van der Waals surface area contributed by atoms with Crippen molar-refractivity contribution in [1.29, 1.82) is 0 Å². The quantitative estimate of drug-likeness (QED) is 0.850. The Hall–Kier alpha value is -1.36. The zero-order valence-corrected chi connectivity index (χ0v) is 12.9. The standard InChI is InChI=1S/C16H18BrNO2/c1-20-12-16(11-19,13-5-3-2-4-6-13)18-15-9-7-14(17)8-10-15/h2-10,18-19H,11-12H2,1H3. The molecule has 2 N–H and O–H groups in total. The predicted molar refractivity (Wildman–Crippen MR) is 84.8 cm³/mol. The van der Waals surface area contributed by atoms with Gasteiger partial charge in [-0.3, -0.25) is 0 Å². The van der Waals surface area contributed by atoms with Crippen molar-refractivity contribution in [2.75, 3.05) is 25.6 Å². The zero-order chi connectivity index (χ0) is 14.4. The van der Waals surface area contributed by atoms with Crippen LogP contribution in [0.5, 0.6) is 0 Å². The number of methoxy groups -OCH3 is 1. The average Bonchev–Trinajstić information content (AvgIpc) is 2.50. The van der Waals surface area contributed by atoms with Gasteiger partial charge in [-0.05, 0) is 29.8 Å². The Morgan fingerprint density at radius 3 is 2.30 bits per heavy atom. The molecule has 0 aliphatic carbocycles. The number of nitrogens with one attached hydrogen (secondary N) is 1. The molecule has 1 atom stereocenters. The minimum Gasteiger partial charge on any atom is -0.393 e. The third kappa shape index (κ3) is 3.39. The second kappa shape index (κ2) is 6.88. The molecular formula is C16H18BrNO2. The lowest BCUT2D eigenvalue weighted by molar-refractivity contribution is 0.0978. The molecule has 0 aliphatic heterocycles. The first-order valence-corrected chi connectivity index (χ1v) is 7.18. The van der Waals surface area contributed by atoms with E-state index in [1.165, 1.54) is 0 Å². The first kappa shape index (κ1) is 15.0. The molecule has 4 heteroatoms. The Labute approximate surface area is 127 Å². The van der Waals surface area contributed by atoms with Crippen LogP contribution in [0.2, 0.25) is 0 Å². The molecule has 2 aromatic rings. The van der Waals surface area contributed by atoms with Crippen molar-refractivity contribution in [2.24, 2.45) is 0 Å². The number of hydrogen-bond donors (Lipinski definition) is 2. The monoisotopic (exact) mass is 335 g/mol. The Morgan fingerprint density at radius 2 is 1.75 bits per heavy atom. The lowest BCUT2D eigenvalue weighted by Crippen LogP contribution is -2.43. The Kier molecular flexibility index (Phi) is 5.17. The third-order valence-electron chi connectivity index (χ3n) is 3.21. The minimum absolute atomic E-state index is 0.0546. The Morgan fingerprint density at radius 1 is 1.10 bits per heavy atom. The van der Waals surface area contributed by atoms with Crippen LogP contribution in [0.3, 0.4) is 0 Å². The zero-order valence-electron chi connectivity index (χ0n) is 11.3.